The van der Waals surface area contributed by atoms with E-state index in [1.54, 1.807) is 18.6 Å². The molecule has 5 heteroatoms. The number of anilines is 1. The van der Waals surface area contributed by atoms with Crippen molar-refractivity contribution in [2.45, 2.75) is 13.0 Å². The summed E-state index contributed by atoms with van der Waals surface area (Å²) in [6, 6.07) is 11.8. The molecule has 2 heterocycles. The second-order valence-corrected chi connectivity index (χ2v) is 5.20. The van der Waals surface area contributed by atoms with E-state index in [0.717, 1.165) is 16.9 Å². The number of nitrogens with zero attached hydrogens (tertiary/aromatic N) is 3. The number of benzene rings is 1. The molecule has 21 heavy (non-hydrogen) atoms. The highest BCUT2D eigenvalue weighted by Crippen LogP contribution is 2.27. The smallest absolute Gasteiger partial charge is 0.0878 e. The summed E-state index contributed by atoms with van der Waals surface area (Å²) in [4.78, 5) is 4.04. The lowest BCUT2D eigenvalue weighted by Crippen LogP contribution is -2.09. The van der Waals surface area contributed by atoms with Gasteiger partial charge in [0.1, 0.15) is 0 Å². The SMILES string of the molecule is CC(Nc1cc(Cl)ccc1-n1cccn1)c1ccncc1. The van der Waals surface area contributed by atoms with Gasteiger partial charge in [-0.2, -0.15) is 5.10 Å². The second-order valence-electron chi connectivity index (χ2n) is 4.76. The standard InChI is InChI=1S/C16H15ClN4/c1-12(13-5-8-18-9-6-13)20-15-11-14(17)3-4-16(15)21-10-2-7-19-21/h2-12,20H,1H3. The van der Waals surface area contributed by atoms with Gasteiger partial charge in [-0.15, -0.1) is 0 Å². The minimum atomic E-state index is 0.140. The maximum Gasteiger partial charge on any atom is 0.0878 e. The van der Waals surface area contributed by atoms with Crippen molar-refractivity contribution in [3.63, 3.8) is 0 Å². The highest BCUT2D eigenvalue weighted by Gasteiger charge is 2.10. The zero-order valence-corrected chi connectivity index (χ0v) is 12.3. The van der Waals surface area contributed by atoms with Gasteiger partial charge in [-0.3, -0.25) is 4.98 Å². The average Bonchev–Trinajstić information content (AvgIpc) is 3.02. The molecular weight excluding hydrogens is 284 g/mol. The summed E-state index contributed by atoms with van der Waals surface area (Å²) in [5.41, 5.74) is 3.07. The summed E-state index contributed by atoms with van der Waals surface area (Å²) in [5, 5.41) is 8.45. The van der Waals surface area contributed by atoms with Crippen LogP contribution < -0.4 is 5.32 Å². The van der Waals surface area contributed by atoms with E-state index in [0.29, 0.717) is 5.02 Å². The summed E-state index contributed by atoms with van der Waals surface area (Å²) in [7, 11) is 0. The van der Waals surface area contributed by atoms with Gasteiger partial charge in [0.25, 0.3) is 0 Å². The van der Waals surface area contributed by atoms with E-state index in [-0.39, 0.29) is 6.04 Å². The molecule has 0 amide bonds. The molecule has 3 aromatic rings. The molecular formula is C16H15ClN4. The molecule has 1 unspecified atom stereocenters. The fraction of sp³-hybridized carbons (Fsp3) is 0.125. The topological polar surface area (TPSA) is 42.7 Å². The van der Waals surface area contributed by atoms with Crippen LogP contribution in [0.5, 0.6) is 0 Å². The van der Waals surface area contributed by atoms with Crippen LogP contribution in [0.1, 0.15) is 18.5 Å². The van der Waals surface area contributed by atoms with Crippen LogP contribution in [0.4, 0.5) is 5.69 Å². The lowest BCUT2D eigenvalue weighted by molar-refractivity contribution is 0.852. The Morgan fingerprint density at radius 2 is 1.95 bits per heavy atom. The zero-order chi connectivity index (χ0) is 14.7. The molecule has 1 aromatic carbocycles. The van der Waals surface area contributed by atoms with Crippen LogP contribution >= 0.6 is 11.6 Å². The molecule has 1 atom stereocenters. The van der Waals surface area contributed by atoms with E-state index in [1.807, 2.05) is 47.3 Å². The maximum absolute atomic E-state index is 6.13. The first-order valence-electron chi connectivity index (χ1n) is 6.70. The molecule has 2 aromatic heterocycles. The number of hydrogen-bond acceptors (Lipinski definition) is 3. The van der Waals surface area contributed by atoms with Gasteiger partial charge in [0.2, 0.25) is 0 Å². The Balaban J connectivity index is 1.93. The molecule has 0 spiro atoms. The van der Waals surface area contributed by atoms with E-state index in [9.17, 15) is 0 Å². The molecule has 4 nitrogen and oxygen atoms in total. The lowest BCUT2D eigenvalue weighted by Gasteiger charge is -2.18. The highest BCUT2D eigenvalue weighted by molar-refractivity contribution is 6.31. The van der Waals surface area contributed by atoms with E-state index in [1.165, 1.54) is 0 Å². The molecule has 106 valence electrons. The van der Waals surface area contributed by atoms with Crippen molar-refractivity contribution < 1.29 is 0 Å². The van der Waals surface area contributed by atoms with E-state index < -0.39 is 0 Å². The lowest BCUT2D eigenvalue weighted by atomic mass is 10.1. The van der Waals surface area contributed by atoms with Crippen LogP contribution in [0.25, 0.3) is 5.69 Å². The van der Waals surface area contributed by atoms with Crippen molar-refractivity contribution in [3.05, 3.63) is 71.8 Å². The largest absolute Gasteiger partial charge is 0.377 e. The van der Waals surface area contributed by atoms with E-state index >= 15 is 0 Å². The van der Waals surface area contributed by atoms with Gasteiger partial charge < -0.3 is 5.32 Å². The number of pyridine rings is 1. The van der Waals surface area contributed by atoms with E-state index in [4.69, 9.17) is 11.6 Å². The quantitative estimate of drug-likeness (QED) is 0.789. The number of hydrogen-bond donors (Lipinski definition) is 1. The van der Waals surface area contributed by atoms with Crippen molar-refractivity contribution in [1.29, 1.82) is 0 Å². The molecule has 0 aliphatic carbocycles. The van der Waals surface area contributed by atoms with Gasteiger partial charge in [0.15, 0.2) is 0 Å². The predicted molar refractivity (Wildman–Crippen MR) is 84.8 cm³/mol. The van der Waals surface area contributed by atoms with Crippen LogP contribution in [0.2, 0.25) is 5.02 Å². The summed E-state index contributed by atoms with van der Waals surface area (Å²) in [5.74, 6) is 0. The monoisotopic (exact) mass is 298 g/mol. The third-order valence-corrected chi connectivity index (χ3v) is 3.52. The molecule has 3 rings (SSSR count). The Morgan fingerprint density at radius 1 is 1.14 bits per heavy atom. The Hall–Kier alpha value is -2.33. The van der Waals surface area contributed by atoms with Crippen LogP contribution in [-0.4, -0.2) is 14.8 Å². The molecule has 0 radical (unpaired) electrons. The minimum Gasteiger partial charge on any atom is -0.377 e. The average molecular weight is 299 g/mol. The molecule has 0 saturated carbocycles. The summed E-state index contributed by atoms with van der Waals surface area (Å²) < 4.78 is 1.82. The Bertz CT molecular complexity index is 710. The van der Waals surface area contributed by atoms with Crippen molar-refractivity contribution in [2.75, 3.05) is 5.32 Å². The molecule has 1 N–H and O–H groups in total. The zero-order valence-electron chi connectivity index (χ0n) is 11.6. The predicted octanol–water partition coefficient (Wildman–Crippen LogP) is 4.09. The Labute approximate surface area is 128 Å². The fourth-order valence-corrected chi connectivity index (χ4v) is 2.38. The van der Waals surface area contributed by atoms with Gasteiger partial charge >= 0.3 is 0 Å². The summed E-state index contributed by atoms with van der Waals surface area (Å²) in [6.07, 6.45) is 7.25. The normalized spacial score (nSPS) is 12.1. The molecule has 0 saturated heterocycles. The minimum absolute atomic E-state index is 0.140. The molecule has 0 aliphatic rings. The first-order valence-corrected chi connectivity index (χ1v) is 7.08. The van der Waals surface area contributed by atoms with Gasteiger partial charge in [-0.1, -0.05) is 11.6 Å². The van der Waals surface area contributed by atoms with Gasteiger partial charge in [-0.05, 0) is 48.9 Å². The first kappa shape index (κ1) is 13.6. The third-order valence-electron chi connectivity index (χ3n) is 3.29. The second kappa shape index (κ2) is 5.97. The fourth-order valence-electron chi connectivity index (χ4n) is 2.20. The molecule has 0 aliphatic heterocycles. The summed E-state index contributed by atoms with van der Waals surface area (Å²) >= 11 is 6.13. The van der Waals surface area contributed by atoms with Crippen LogP contribution in [0.15, 0.2) is 61.2 Å². The number of nitrogens with one attached hydrogen (secondary N) is 1. The number of rotatable bonds is 4. The highest BCUT2D eigenvalue weighted by atomic mass is 35.5. The van der Waals surface area contributed by atoms with Gasteiger partial charge in [-0.25, -0.2) is 4.68 Å². The number of halogens is 1. The summed E-state index contributed by atoms with van der Waals surface area (Å²) in [6.45, 7) is 2.10. The van der Waals surface area contributed by atoms with Crippen molar-refractivity contribution in [2.24, 2.45) is 0 Å². The van der Waals surface area contributed by atoms with Crippen LogP contribution in [-0.2, 0) is 0 Å². The number of aromatic nitrogens is 3. The van der Waals surface area contributed by atoms with Crippen LogP contribution in [0, 0.1) is 0 Å². The molecule has 0 fully saturated rings. The molecule has 0 bridgehead atoms. The first-order chi connectivity index (χ1) is 10.2. The van der Waals surface area contributed by atoms with Crippen molar-refractivity contribution in [3.8, 4) is 5.69 Å². The van der Waals surface area contributed by atoms with E-state index in [2.05, 4.69) is 22.3 Å². The van der Waals surface area contributed by atoms with Crippen molar-refractivity contribution in [1.82, 2.24) is 14.8 Å². The van der Waals surface area contributed by atoms with Gasteiger partial charge in [0, 0.05) is 35.9 Å². The Morgan fingerprint density at radius 3 is 2.67 bits per heavy atom. The third kappa shape index (κ3) is 3.06. The maximum atomic E-state index is 6.13. The van der Waals surface area contributed by atoms with Crippen LogP contribution in [0.3, 0.4) is 0 Å². The van der Waals surface area contributed by atoms with Gasteiger partial charge in [0.05, 0.1) is 11.4 Å². The van der Waals surface area contributed by atoms with Crippen molar-refractivity contribution >= 4 is 17.3 Å². The Kier molecular flexibility index (Phi) is 3.88.